The first-order valence-corrected chi connectivity index (χ1v) is 15.1. The molecule has 2 aliphatic heterocycles. The lowest BCUT2D eigenvalue weighted by atomic mass is 9.76. The zero-order chi connectivity index (χ0) is 29.5. The Balaban J connectivity index is 1.41. The lowest BCUT2D eigenvalue weighted by molar-refractivity contribution is -0.624. The third-order valence-electron chi connectivity index (χ3n) is 8.55. The number of methoxy groups -OCH3 is 1. The zero-order valence-corrected chi connectivity index (χ0v) is 24.5. The van der Waals surface area contributed by atoms with Crippen LogP contribution in [0.25, 0.3) is 11.6 Å². The van der Waals surface area contributed by atoms with Crippen LogP contribution < -0.4 is 4.74 Å². The average Bonchev–Trinajstić information content (AvgIpc) is 3.43. The number of phenolic OH excluding ortho intramolecular Hbond substituents is 1. The van der Waals surface area contributed by atoms with Crippen LogP contribution in [-0.2, 0) is 31.1 Å². The zero-order valence-electron chi connectivity index (χ0n) is 23.7. The first-order chi connectivity index (χ1) is 20.3. The molecule has 0 bridgehead atoms. The molecule has 3 aromatic carbocycles. The summed E-state index contributed by atoms with van der Waals surface area (Å²) >= 11 is 0. The summed E-state index contributed by atoms with van der Waals surface area (Å²) in [5.74, 6) is 0.288. The second kappa shape index (κ2) is 11.1. The maximum absolute atomic E-state index is 13.7. The van der Waals surface area contributed by atoms with Crippen LogP contribution in [0.1, 0.15) is 60.2 Å². The van der Waals surface area contributed by atoms with Crippen molar-refractivity contribution in [3.63, 3.8) is 0 Å². The van der Waals surface area contributed by atoms with Crippen LogP contribution in [0.2, 0.25) is 0 Å². The molecule has 42 heavy (non-hydrogen) atoms. The number of aldehydes is 1. The van der Waals surface area contributed by atoms with Crippen molar-refractivity contribution in [3.05, 3.63) is 112 Å². The van der Waals surface area contributed by atoms with E-state index in [9.17, 15) is 14.1 Å². The number of carbonyl (C=O) groups excluding carboxylic acids is 1. The minimum atomic E-state index is -1.57. The normalized spacial score (nSPS) is 26.7. The molecule has 0 aromatic heterocycles. The Morgan fingerprint density at radius 1 is 1.05 bits per heavy atom. The van der Waals surface area contributed by atoms with E-state index in [1.54, 1.807) is 43.5 Å². The minimum absolute atomic E-state index is 0.0934. The van der Waals surface area contributed by atoms with E-state index in [1.165, 1.54) is 0 Å². The monoisotopic (exact) mass is 584 g/mol. The van der Waals surface area contributed by atoms with Crippen molar-refractivity contribution in [3.8, 4) is 11.5 Å². The largest absolute Gasteiger partial charge is 0.508 e. The van der Waals surface area contributed by atoms with Crippen molar-refractivity contribution >= 4 is 28.7 Å². The van der Waals surface area contributed by atoms with Gasteiger partial charge >= 0.3 is 0 Å². The van der Waals surface area contributed by atoms with E-state index < -0.39 is 22.2 Å². The van der Waals surface area contributed by atoms with E-state index in [0.717, 1.165) is 42.2 Å². The quantitative estimate of drug-likeness (QED) is 0.235. The van der Waals surface area contributed by atoms with Gasteiger partial charge in [0.15, 0.2) is 11.9 Å². The summed E-state index contributed by atoms with van der Waals surface area (Å²) < 4.78 is 25.9. The molecule has 2 heterocycles. The number of hydrogen-bond donors (Lipinski definition) is 1. The van der Waals surface area contributed by atoms with Crippen LogP contribution in [-0.4, -0.2) is 28.3 Å². The van der Waals surface area contributed by atoms with Gasteiger partial charge < -0.3 is 14.6 Å². The van der Waals surface area contributed by atoms with Gasteiger partial charge in [-0.05, 0) is 74.1 Å². The predicted octanol–water partition coefficient (Wildman–Crippen LogP) is 7.05. The number of rotatable bonds is 7. The first kappa shape index (κ1) is 28.3. The summed E-state index contributed by atoms with van der Waals surface area (Å²) in [6.45, 7) is 3.94. The second-order valence-electron chi connectivity index (χ2n) is 10.8. The SMILES string of the molecule is COC1(c2cc(O)ccc2/C=C/C2=CC(=C(/C)S(=O)c3ccccc3C=O)/c3ccccc3O2)OOC12CCCC2C. The summed E-state index contributed by atoms with van der Waals surface area (Å²) in [5, 5.41) is 10.4. The van der Waals surface area contributed by atoms with Crippen molar-refractivity contribution in [2.75, 3.05) is 7.11 Å². The van der Waals surface area contributed by atoms with Gasteiger partial charge in [-0.3, -0.25) is 4.79 Å². The van der Waals surface area contributed by atoms with Crippen molar-refractivity contribution in [2.45, 2.75) is 49.4 Å². The number of fused-ring (bicyclic) bond motifs is 1. The standard InChI is InChI=1S/C34H32O7S/c1-22-9-8-18-33(22)34(38-3,41-40-33)30-19-26(36)16-14-24(30)15-17-27-20-29(28-11-5-6-12-31(28)39-27)23(2)42(37)32-13-7-4-10-25(32)21-35/h4-7,10-17,19-22,36H,8-9,18H2,1-3H3/b17-15+,29-23+. The highest BCUT2D eigenvalue weighted by molar-refractivity contribution is 7.89. The van der Waals surface area contributed by atoms with E-state index in [2.05, 4.69) is 6.92 Å². The number of aromatic hydroxyl groups is 1. The van der Waals surface area contributed by atoms with E-state index in [-0.39, 0.29) is 11.7 Å². The molecule has 4 unspecified atom stereocenters. The molecule has 1 N–H and O–H groups in total. The number of benzene rings is 3. The molecule has 0 amide bonds. The van der Waals surface area contributed by atoms with Crippen LogP contribution in [0.15, 0.2) is 94.4 Å². The minimum Gasteiger partial charge on any atom is -0.508 e. The molecule has 4 atom stereocenters. The van der Waals surface area contributed by atoms with E-state index >= 15 is 0 Å². The molecular weight excluding hydrogens is 552 g/mol. The molecule has 1 saturated heterocycles. The number of ether oxygens (including phenoxy) is 2. The first-order valence-electron chi connectivity index (χ1n) is 13.9. The van der Waals surface area contributed by atoms with Gasteiger partial charge in [-0.25, -0.2) is 9.10 Å². The fraction of sp³-hybridized carbons (Fsp3) is 0.265. The van der Waals surface area contributed by atoms with Crippen LogP contribution >= 0.6 is 0 Å². The summed E-state index contributed by atoms with van der Waals surface area (Å²) in [6.07, 6.45) is 9.06. The summed E-state index contributed by atoms with van der Waals surface area (Å²) in [5.41, 5.74) is 2.74. The molecule has 1 spiro atoms. The molecule has 3 aromatic rings. The van der Waals surface area contributed by atoms with Crippen LogP contribution in [0.3, 0.4) is 0 Å². The highest BCUT2D eigenvalue weighted by Gasteiger charge is 2.70. The molecule has 6 rings (SSSR count). The van der Waals surface area contributed by atoms with Crippen molar-refractivity contribution in [1.29, 1.82) is 0 Å². The number of allylic oxidation sites excluding steroid dienone is 4. The molecule has 7 nitrogen and oxygen atoms in total. The second-order valence-corrected chi connectivity index (χ2v) is 12.4. The Hall–Kier alpha value is -3.82. The lowest BCUT2D eigenvalue weighted by Crippen LogP contribution is -2.67. The Labute approximate surface area is 247 Å². The molecule has 1 saturated carbocycles. The number of para-hydroxylation sites is 1. The Bertz CT molecular complexity index is 1670. The lowest BCUT2D eigenvalue weighted by Gasteiger charge is -2.55. The Kier molecular flexibility index (Phi) is 7.49. The fourth-order valence-corrected chi connectivity index (χ4v) is 7.49. The van der Waals surface area contributed by atoms with Crippen molar-refractivity contribution < 1.29 is 33.4 Å². The van der Waals surface area contributed by atoms with Gasteiger partial charge in [-0.15, -0.1) is 0 Å². The van der Waals surface area contributed by atoms with Gasteiger partial charge in [0, 0.05) is 34.3 Å². The fourth-order valence-electron chi connectivity index (χ4n) is 6.26. The van der Waals surface area contributed by atoms with E-state index in [1.807, 2.05) is 55.5 Å². The number of carbonyl (C=O) groups is 1. The molecule has 2 fully saturated rings. The van der Waals surface area contributed by atoms with Gasteiger partial charge in [-0.1, -0.05) is 55.5 Å². The third-order valence-corrected chi connectivity index (χ3v) is 10.1. The van der Waals surface area contributed by atoms with Gasteiger partial charge in [0.1, 0.15) is 17.3 Å². The van der Waals surface area contributed by atoms with Gasteiger partial charge in [0.05, 0.1) is 15.7 Å². The Morgan fingerprint density at radius 2 is 1.83 bits per heavy atom. The third kappa shape index (κ3) is 4.46. The Morgan fingerprint density at radius 3 is 2.55 bits per heavy atom. The summed E-state index contributed by atoms with van der Waals surface area (Å²) in [6, 6.07) is 19.5. The topological polar surface area (TPSA) is 91.3 Å². The van der Waals surface area contributed by atoms with Gasteiger partial charge in [0.25, 0.3) is 5.79 Å². The number of hydrogen-bond acceptors (Lipinski definition) is 7. The summed E-state index contributed by atoms with van der Waals surface area (Å²) in [7, 11) is 0.0251. The predicted molar refractivity (Wildman–Crippen MR) is 160 cm³/mol. The summed E-state index contributed by atoms with van der Waals surface area (Å²) in [4.78, 5) is 24.2. The van der Waals surface area contributed by atoms with Gasteiger partial charge in [0.2, 0.25) is 0 Å². The maximum Gasteiger partial charge on any atom is 0.261 e. The highest BCUT2D eigenvalue weighted by atomic mass is 32.2. The van der Waals surface area contributed by atoms with E-state index in [4.69, 9.17) is 19.2 Å². The maximum atomic E-state index is 13.7. The smallest absolute Gasteiger partial charge is 0.261 e. The van der Waals surface area contributed by atoms with Crippen LogP contribution in [0, 0.1) is 5.92 Å². The number of phenols is 1. The molecule has 8 heteroatoms. The highest BCUT2D eigenvalue weighted by Crippen LogP contribution is 2.60. The molecular formula is C34H32O7S. The average molecular weight is 585 g/mol. The molecule has 1 aliphatic carbocycles. The van der Waals surface area contributed by atoms with Crippen molar-refractivity contribution in [2.24, 2.45) is 5.92 Å². The van der Waals surface area contributed by atoms with E-state index in [0.29, 0.717) is 32.4 Å². The molecule has 3 aliphatic rings. The van der Waals surface area contributed by atoms with Gasteiger partial charge in [-0.2, -0.15) is 4.89 Å². The van der Waals surface area contributed by atoms with Crippen molar-refractivity contribution in [1.82, 2.24) is 0 Å². The molecule has 0 radical (unpaired) electrons. The van der Waals surface area contributed by atoms with Crippen LogP contribution in [0.4, 0.5) is 0 Å². The van der Waals surface area contributed by atoms with Crippen LogP contribution in [0.5, 0.6) is 11.5 Å². The molecule has 216 valence electrons.